The second-order valence-corrected chi connectivity index (χ2v) is 6.21. The van der Waals surface area contributed by atoms with Crippen LogP contribution in [-0.2, 0) is 20.1 Å². The number of rotatable bonds is 9. The van der Waals surface area contributed by atoms with Crippen LogP contribution in [-0.4, -0.2) is 27.3 Å². The van der Waals surface area contributed by atoms with Crippen LogP contribution in [0, 0.1) is 6.92 Å². The first-order valence-corrected chi connectivity index (χ1v) is 9.11. The van der Waals surface area contributed by atoms with Crippen LogP contribution in [0.2, 0.25) is 0 Å². The Balaban J connectivity index is 1.91. The molecule has 6 nitrogen and oxygen atoms in total. The molecule has 0 bridgehead atoms. The highest BCUT2D eigenvalue weighted by Crippen LogP contribution is 2.01. The number of aromatic nitrogens is 3. The van der Waals surface area contributed by atoms with Gasteiger partial charge < -0.3 is 15.2 Å². The summed E-state index contributed by atoms with van der Waals surface area (Å²) in [5, 5.41) is 15.1. The van der Waals surface area contributed by atoms with Crippen LogP contribution in [0.5, 0.6) is 0 Å². The summed E-state index contributed by atoms with van der Waals surface area (Å²) in [7, 11) is 1.98. The number of nitrogens with one attached hydrogen (secondary N) is 2. The van der Waals surface area contributed by atoms with Crippen molar-refractivity contribution in [2.24, 2.45) is 12.0 Å². The third-order valence-electron chi connectivity index (χ3n) is 4.18. The van der Waals surface area contributed by atoms with Gasteiger partial charge in [0.05, 0.1) is 13.1 Å². The van der Waals surface area contributed by atoms with Gasteiger partial charge in [-0.1, -0.05) is 56.5 Å². The van der Waals surface area contributed by atoms with E-state index in [4.69, 9.17) is 4.99 Å². The fourth-order valence-electron chi connectivity index (χ4n) is 2.45. The van der Waals surface area contributed by atoms with Gasteiger partial charge in [0.25, 0.3) is 0 Å². The number of unbranched alkanes of at least 4 members (excludes halogenated alkanes) is 3. The van der Waals surface area contributed by atoms with E-state index in [2.05, 4.69) is 39.9 Å². The predicted octanol–water partition coefficient (Wildman–Crippen LogP) is 2.94. The molecule has 0 saturated carbocycles. The molecule has 25 heavy (non-hydrogen) atoms. The molecule has 0 amide bonds. The summed E-state index contributed by atoms with van der Waals surface area (Å²) in [5.41, 5.74) is 1.20. The molecule has 136 valence electrons. The number of hydrogen-bond acceptors (Lipinski definition) is 3. The summed E-state index contributed by atoms with van der Waals surface area (Å²) in [6.45, 7) is 6.37. The average molecular weight is 342 g/mol. The monoisotopic (exact) mass is 342 g/mol. The van der Waals surface area contributed by atoms with Crippen LogP contribution >= 0.6 is 0 Å². The summed E-state index contributed by atoms with van der Waals surface area (Å²) >= 11 is 0. The van der Waals surface area contributed by atoms with Gasteiger partial charge >= 0.3 is 0 Å². The number of guanidine groups is 1. The molecule has 0 atom stereocenters. The second kappa shape index (κ2) is 10.5. The Bertz CT molecular complexity index is 647. The Morgan fingerprint density at radius 2 is 1.88 bits per heavy atom. The van der Waals surface area contributed by atoms with Crippen LogP contribution < -0.4 is 10.6 Å². The average Bonchev–Trinajstić information content (AvgIpc) is 2.96. The molecule has 0 radical (unpaired) electrons. The summed E-state index contributed by atoms with van der Waals surface area (Å²) < 4.78 is 1.99. The van der Waals surface area contributed by atoms with Gasteiger partial charge in [-0.25, -0.2) is 4.99 Å². The van der Waals surface area contributed by atoms with Gasteiger partial charge in [-0.05, 0) is 18.9 Å². The van der Waals surface area contributed by atoms with Crippen molar-refractivity contribution in [2.75, 3.05) is 6.54 Å². The first kappa shape index (κ1) is 19.0. The van der Waals surface area contributed by atoms with Crippen LogP contribution in [0.15, 0.2) is 35.3 Å². The standard InChI is InChI=1S/C19H30N6/c1-4-5-6-10-13-20-19(21-14-17-11-8-7-9-12-17)22-15-18-24-23-16(2)25(18)3/h7-9,11-12H,4-6,10,13-15H2,1-3H3,(H2,20,21,22). The van der Waals surface area contributed by atoms with E-state index in [0.29, 0.717) is 13.1 Å². The van der Waals surface area contributed by atoms with E-state index in [9.17, 15) is 0 Å². The summed E-state index contributed by atoms with van der Waals surface area (Å²) in [6.07, 6.45) is 4.93. The van der Waals surface area contributed by atoms with E-state index < -0.39 is 0 Å². The highest BCUT2D eigenvalue weighted by Gasteiger charge is 2.06. The quantitative estimate of drug-likeness (QED) is 0.418. The topological polar surface area (TPSA) is 67.1 Å². The molecule has 6 heteroatoms. The van der Waals surface area contributed by atoms with Crippen molar-refractivity contribution < 1.29 is 0 Å². The normalized spacial score (nSPS) is 11.6. The smallest absolute Gasteiger partial charge is 0.191 e. The van der Waals surface area contributed by atoms with E-state index >= 15 is 0 Å². The molecule has 2 aromatic rings. The molecular weight excluding hydrogens is 312 g/mol. The molecule has 0 aliphatic carbocycles. The van der Waals surface area contributed by atoms with Crippen molar-refractivity contribution in [3.05, 3.63) is 47.5 Å². The maximum atomic E-state index is 4.70. The van der Waals surface area contributed by atoms with Crippen LogP contribution in [0.1, 0.15) is 49.8 Å². The zero-order valence-electron chi connectivity index (χ0n) is 15.6. The van der Waals surface area contributed by atoms with Crippen LogP contribution in [0.25, 0.3) is 0 Å². The number of nitrogens with zero attached hydrogens (tertiary/aromatic N) is 4. The highest BCUT2D eigenvalue weighted by molar-refractivity contribution is 5.79. The van der Waals surface area contributed by atoms with Gasteiger partial charge in [-0.3, -0.25) is 0 Å². The van der Waals surface area contributed by atoms with Gasteiger partial charge in [0.2, 0.25) is 0 Å². The van der Waals surface area contributed by atoms with Gasteiger partial charge in [-0.2, -0.15) is 0 Å². The zero-order chi connectivity index (χ0) is 17.9. The zero-order valence-corrected chi connectivity index (χ0v) is 15.6. The minimum absolute atomic E-state index is 0.604. The first-order chi connectivity index (χ1) is 12.2. The lowest BCUT2D eigenvalue weighted by Crippen LogP contribution is -2.38. The lowest BCUT2D eigenvalue weighted by molar-refractivity contribution is 0.642. The number of aryl methyl sites for hydroxylation is 1. The Hall–Kier alpha value is -2.37. The molecule has 0 fully saturated rings. The molecule has 0 spiro atoms. The number of benzene rings is 1. The van der Waals surface area contributed by atoms with Gasteiger partial charge in [0, 0.05) is 13.6 Å². The van der Waals surface area contributed by atoms with Crippen molar-refractivity contribution >= 4 is 5.96 Å². The maximum absolute atomic E-state index is 4.70. The SMILES string of the molecule is CCCCCCNC(=NCc1ccccc1)NCc1nnc(C)n1C. The van der Waals surface area contributed by atoms with Crippen LogP contribution in [0.4, 0.5) is 0 Å². The van der Waals surface area contributed by atoms with E-state index in [0.717, 1.165) is 30.6 Å². The largest absolute Gasteiger partial charge is 0.356 e. The molecule has 0 aliphatic rings. The maximum Gasteiger partial charge on any atom is 0.191 e. The molecular formula is C19H30N6. The molecule has 0 saturated heterocycles. The number of aliphatic imine (C=N–C) groups is 1. The Morgan fingerprint density at radius 3 is 2.56 bits per heavy atom. The summed E-state index contributed by atoms with van der Waals surface area (Å²) in [5.74, 6) is 2.63. The number of hydrogen-bond donors (Lipinski definition) is 2. The van der Waals surface area contributed by atoms with Gasteiger partial charge in [0.1, 0.15) is 5.82 Å². The Kier molecular flexibility index (Phi) is 7.95. The fourth-order valence-corrected chi connectivity index (χ4v) is 2.45. The first-order valence-electron chi connectivity index (χ1n) is 9.11. The molecule has 0 unspecified atom stereocenters. The van der Waals surface area contributed by atoms with E-state index in [1.54, 1.807) is 0 Å². The lowest BCUT2D eigenvalue weighted by Gasteiger charge is -2.12. The molecule has 1 aromatic heterocycles. The lowest BCUT2D eigenvalue weighted by atomic mass is 10.2. The van der Waals surface area contributed by atoms with Crippen molar-refractivity contribution in [3.8, 4) is 0 Å². The third-order valence-corrected chi connectivity index (χ3v) is 4.18. The summed E-state index contributed by atoms with van der Waals surface area (Å²) in [4.78, 5) is 4.70. The van der Waals surface area contributed by atoms with E-state index in [-0.39, 0.29) is 0 Å². The molecule has 2 rings (SSSR count). The van der Waals surface area contributed by atoms with Crippen molar-refractivity contribution in [1.29, 1.82) is 0 Å². The van der Waals surface area contributed by atoms with E-state index in [1.807, 2.05) is 36.7 Å². The highest BCUT2D eigenvalue weighted by atomic mass is 15.3. The molecule has 1 heterocycles. The second-order valence-electron chi connectivity index (χ2n) is 6.21. The van der Waals surface area contributed by atoms with Crippen molar-refractivity contribution in [1.82, 2.24) is 25.4 Å². The molecule has 2 N–H and O–H groups in total. The van der Waals surface area contributed by atoms with Crippen molar-refractivity contribution in [3.63, 3.8) is 0 Å². The summed E-state index contributed by atoms with van der Waals surface area (Å²) in [6, 6.07) is 10.3. The predicted molar refractivity (Wildman–Crippen MR) is 102 cm³/mol. The molecule has 0 aliphatic heterocycles. The minimum atomic E-state index is 0.604. The third kappa shape index (κ3) is 6.57. The fraction of sp³-hybridized carbons (Fsp3) is 0.526. The Morgan fingerprint density at radius 1 is 1.08 bits per heavy atom. The Labute approximate surface area is 150 Å². The van der Waals surface area contributed by atoms with Crippen molar-refractivity contribution in [2.45, 2.75) is 52.6 Å². The van der Waals surface area contributed by atoms with Gasteiger partial charge in [-0.15, -0.1) is 10.2 Å². The molecule has 1 aromatic carbocycles. The van der Waals surface area contributed by atoms with E-state index in [1.165, 1.54) is 24.8 Å². The van der Waals surface area contributed by atoms with Gasteiger partial charge in [0.15, 0.2) is 11.8 Å². The van der Waals surface area contributed by atoms with Crippen LogP contribution in [0.3, 0.4) is 0 Å². The minimum Gasteiger partial charge on any atom is -0.356 e.